The lowest BCUT2D eigenvalue weighted by atomic mass is 10.1. The van der Waals surface area contributed by atoms with Crippen LogP contribution in [0, 0.1) is 11.6 Å². The van der Waals surface area contributed by atoms with Gasteiger partial charge in [0, 0.05) is 19.4 Å². The molecular formula is C15H15F2N3O2. The molecule has 116 valence electrons. The Hall–Kier alpha value is -2.28. The number of rotatable bonds is 3. The second-order valence-electron chi connectivity index (χ2n) is 5.10. The minimum atomic E-state index is -0.894. The second-order valence-corrected chi connectivity index (χ2v) is 5.10. The highest BCUT2D eigenvalue weighted by Crippen LogP contribution is 2.22. The van der Waals surface area contributed by atoms with Crippen LogP contribution in [0.1, 0.15) is 29.2 Å². The number of ether oxygens (including phenoxy) is 1. The zero-order valence-electron chi connectivity index (χ0n) is 11.8. The van der Waals surface area contributed by atoms with Crippen LogP contribution < -0.4 is 5.32 Å². The highest BCUT2D eigenvalue weighted by Gasteiger charge is 2.19. The Labute approximate surface area is 125 Å². The SMILES string of the molecule is O=C(Nc1cnn(C2CCOCC2)c1)c1c(F)cccc1F. The summed E-state index contributed by atoms with van der Waals surface area (Å²) >= 11 is 0. The summed E-state index contributed by atoms with van der Waals surface area (Å²) in [4.78, 5) is 12.0. The minimum Gasteiger partial charge on any atom is -0.381 e. The molecule has 0 aliphatic carbocycles. The van der Waals surface area contributed by atoms with E-state index in [2.05, 4.69) is 10.4 Å². The molecule has 0 radical (unpaired) electrons. The Balaban J connectivity index is 1.73. The van der Waals surface area contributed by atoms with Crippen molar-refractivity contribution in [2.24, 2.45) is 0 Å². The lowest BCUT2D eigenvalue weighted by Crippen LogP contribution is -2.20. The predicted molar refractivity (Wildman–Crippen MR) is 75.6 cm³/mol. The van der Waals surface area contributed by atoms with Gasteiger partial charge >= 0.3 is 0 Å². The number of benzene rings is 1. The summed E-state index contributed by atoms with van der Waals surface area (Å²) in [6, 6.07) is 3.52. The first kappa shape index (κ1) is 14.6. The van der Waals surface area contributed by atoms with E-state index in [0.717, 1.165) is 25.0 Å². The molecule has 1 aromatic carbocycles. The van der Waals surface area contributed by atoms with E-state index in [1.165, 1.54) is 12.3 Å². The molecule has 0 unspecified atom stereocenters. The molecular weight excluding hydrogens is 292 g/mol. The van der Waals surface area contributed by atoms with Crippen LogP contribution in [0.3, 0.4) is 0 Å². The molecule has 0 bridgehead atoms. The number of nitrogens with zero attached hydrogens (tertiary/aromatic N) is 2. The highest BCUT2D eigenvalue weighted by atomic mass is 19.1. The van der Waals surface area contributed by atoms with E-state index in [1.54, 1.807) is 10.9 Å². The molecule has 1 aliphatic heterocycles. The van der Waals surface area contributed by atoms with Gasteiger partial charge in [-0.1, -0.05) is 6.07 Å². The molecule has 1 aromatic heterocycles. The van der Waals surface area contributed by atoms with Gasteiger partial charge in [0.1, 0.15) is 17.2 Å². The molecule has 5 nitrogen and oxygen atoms in total. The van der Waals surface area contributed by atoms with E-state index in [0.29, 0.717) is 18.9 Å². The van der Waals surface area contributed by atoms with Gasteiger partial charge in [-0.05, 0) is 25.0 Å². The van der Waals surface area contributed by atoms with Crippen LogP contribution in [0.15, 0.2) is 30.6 Å². The maximum atomic E-state index is 13.6. The quantitative estimate of drug-likeness (QED) is 0.948. The molecule has 2 heterocycles. The Kier molecular flexibility index (Phi) is 4.15. The second kappa shape index (κ2) is 6.23. The Bertz CT molecular complexity index is 661. The molecule has 1 fully saturated rings. The third-order valence-corrected chi connectivity index (χ3v) is 3.61. The number of carbonyl (C=O) groups is 1. The zero-order chi connectivity index (χ0) is 15.5. The Morgan fingerprint density at radius 3 is 2.64 bits per heavy atom. The molecule has 0 spiro atoms. The number of nitrogens with one attached hydrogen (secondary N) is 1. The van der Waals surface area contributed by atoms with E-state index in [-0.39, 0.29) is 6.04 Å². The maximum Gasteiger partial charge on any atom is 0.261 e. The zero-order valence-corrected chi connectivity index (χ0v) is 11.8. The number of hydrogen-bond acceptors (Lipinski definition) is 3. The molecule has 22 heavy (non-hydrogen) atoms. The molecule has 0 atom stereocenters. The van der Waals surface area contributed by atoms with Crippen molar-refractivity contribution in [2.75, 3.05) is 18.5 Å². The van der Waals surface area contributed by atoms with Crippen LogP contribution in [0.25, 0.3) is 0 Å². The van der Waals surface area contributed by atoms with E-state index in [1.807, 2.05) is 0 Å². The normalized spacial score (nSPS) is 15.7. The topological polar surface area (TPSA) is 56.2 Å². The highest BCUT2D eigenvalue weighted by molar-refractivity contribution is 6.04. The summed E-state index contributed by atoms with van der Waals surface area (Å²) in [7, 11) is 0. The number of aromatic nitrogens is 2. The predicted octanol–water partition coefficient (Wildman–Crippen LogP) is 2.77. The molecule has 1 amide bonds. The van der Waals surface area contributed by atoms with E-state index in [9.17, 15) is 13.6 Å². The van der Waals surface area contributed by atoms with Gasteiger partial charge in [-0.3, -0.25) is 9.48 Å². The largest absolute Gasteiger partial charge is 0.381 e. The fourth-order valence-electron chi connectivity index (χ4n) is 2.46. The molecule has 1 saturated heterocycles. The van der Waals surface area contributed by atoms with Crippen LogP contribution >= 0.6 is 0 Å². The number of amides is 1. The van der Waals surface area contributed by atoms with E-state index in [4.69, 9.17) is 4.74 Å². The smallest absolute Gasteiger partial charge is 0.261 e. The number of hydrogen-bond donors (Lipinski definition) is 1. The molecule has 1 N–H and O–H groups in total. The first-order valence-corrected chi connectivity index (χ1v) is 7.02. The van der Waals surface area contributed by atoms with Crippen molar-refractivity contribution in [2.45, 2.75) is 18.9 Å². The summed E-state index contributed by atoms with van der Waals surface area (Å²) in [5, 5.41) is 6.66. The van der Waals surface area contributed by atoms with Crippen molar-refractivity contribution in [3.05, 3.63) is 47.8 Å². The van der Waals surface area contributed by atoms with Gasteiger partial charge in [-0.2, -0.15) is 5.10 Å². The average Bonchev–Trinajstić information content (AvgIpc) is 2.96. The average molecular weight is 307 g/mol. The molecule has 2 aromatic rings. The van der Waals surface area contributed by atoms with Gasteiger partial charge in [0.25, 0.3) is 5.91 Å². The van der Waals surface area contributed by atoms with Crippen molar-refractivity contribution < 1.29 is 18.3 Å². The van der Waals surface area contributed by atoms with Crippen LogP contribution in [-0.2, 0) is 4.74 Å². The van der Waals surface area contributed by atoms with Gasteiger partial charge in [-0.15, -0.1) is 0 Å². The minimum absolute atomic E-state index is 0.213. The summed E-state index contributed by atoms with van der Waals surface area (Å²) in [6.45, 7) is 1.35. The summed E-state index contributed by atoms with van der Waals surface area (Å²) in [5.41, 5.74) is -0.194. The molecule has 1 aliphatic rings. The van der Waals surface area contributed by atoms with Crippen LogP contribution in [0.2, 0.25) is 0 Å². The van der Waals surface area contributed by atoms with Gasteiger partial charge in [-0.25, -0.2) is 8.78 Å². The molecule has 3 rings (SSSR count). The monoisotopic (exact) mass is 307 g/mol. The van der Waals surface area contributed by atoms with Crippen LogP contribution in [0.4, 0.5) is 14.5 Å². The number of halogens is 2. The number of anilines is 1. The fourth-order valence-corrected chi connectivity index (χ4v) is 2.46. The van der Waals surface area contributed by atoms with Crippen molar-refractivity contribution >= 4 is 11.6 Å². The van der Waals surface area contributed by atoms with Gasteiger partial charge in [0.05, 0.1) is 17.9 Å². The van der Waals surface area contributed by atoms with Crippen LogP contribution in [-0.4, -0.2) is 28.9 Å². The first-order valence-electron chi connectivity index (χ1n) is 7.02. The first-order chi connectivity index (χ1) is 10.6. The van der Waals surface area contributed by atoms with Gasteiger partial charge in [0.2, 0.25) is 0 Å². The Morgan fingerprint density at radius 2 is 1.95 bits per heavy atom. The fraction of sp³-hybridized carbons (Fsp3) is 0.333. The van der Waals surface area contributed by atoms with Crippen molar-refractivity contribution in [1.29, 1.82) is 0 Å². The van der Waals surface area contributed by atoms with Crippen LogP contribution in [0.5, 0.6) is 0 Å². The molecule has 0 saturated carbocycles. The third kappa shape index (κ3) is 2.99. The standard InChI is InChI=1S/C15H15F2N3O2/c16-12-2-1-3-13(17)14(12)15(21)19-10-8-18-20(9-10)11-4-6-22-7-5-11/h1-3,8-9,11H,4-7H2,(H,19,21). The lowest BCUT2D eigenvalue weighted by Gasteiger charge is -2.22. The van der Waals surface area contributed by atoms with E-state index >= 15 is 0 Å². The lowest BCUT2D eigenvalue weighted by molar-refractivity contribution is 0.0662. The third-order valence-electron chi connectivity index (χ3n) is 3.61. The van der Waals surface area contributed by atoms with Gasteiger partial charge < -0.3 is 10.1 Å². The number of carbonyl (C=O) groups excluding carboxylic acids is 1. The van der Waals surface area contributed by atoms with E-state index < -0.39 is 23.1 Å². The Morgan fingerprint density at radius 1 is 1.27 bits per heavy atom. The summed E-state index contributed by atoms with van der Waals surface area (Å²) < 4.78 is 34.2. The van der Waals surface area contributed by atoms with Crippen molar-refractivity contribution in [3.63, 3.8) is 0 Å². The van der Waals surface area contributed by atoms with Crippen molar-refractivity contribution in [3.8, 4) is 0 Å². The summed E-state index contributed by atoms with van der Waals surface area (Å²) in [5.74, 6) is -2.62. The summed E-state index contributed by atoms with van der Waals surface area (Å²) in [6.07, 6.45) is 4.81. The van der Waals surface area contributed by atoms with Gasteiger partial charge in [0.15, 0.2) is 0 Å². The maximum absolute atomic E-state index is 13.6. The molecule has 7 heteroatoms. The van der Waals surface area contributed by atoms with Crippen molar-refractivity contribution in [1.82, 2.24) is 9.78 Å².